The third-order valence-corrected chi connectivity index (χ3v) is 3.03. The quantitative estimate of drug-likeness (QED) is 0.731. The van der Waals surface area contributed by atoms with Crippen molar-refractivity contribution in [3.05, 3.63) is 12.3 Å². The van der Waals surface area contributed by atoms with Crippen LogP contribution in [0.4, 0.5) is 5.82 Å². The number of nitrogen functional groups attached to an aromatic ring is 1. The van der Waals surface area contributed by atoms with E-state index in [-0.39, 0.29) is 24.3 Å². The number of rotatable bonds is 3. The first kappa shape index (κ1) is 12.4. The van der Waals surface area contributed by atoms with Crippen LogP contribution >= 0.6 is 0 Å². The summed E-state index contributed by atoms with van der Waals surface area (Å²) in [5, 5.41) is 3.95. The Hall–Kier alpha value is -2.05. The van der Waals surface area contributed by atoms with Crippen molar-refractivity contribution < 1.29 is 14.3 Å². The number of likely N-dealkylation sites (tertiary alicyclic amines) is 1. The molecule has 0 aliphatic carbocycles. The van der Waals surface area contributed by atoms with Crippen molar-refractivity contribution in [1.82, 2.24) is 14.7 Å². The van der Waals surface area contributed by atoms with Gasteiger partial charge in [-0.15, -0.1) is 0 Å². The summed E-state index contributed by atoms with van der Waals surface area (Å²) in [5.41, 5.74) is 5.47. The molecule has 7 nitrogen and oxygen atoms in total. The van der Waals surface area contributed by atoms with Crippen molar-refractivity contribution in [2.24, 2.45) is 5.92 Å². The second kappa shape index (κ2) is 5.07. The highest BCUT2D eigenvalue weighted by Gasteiger charge is 2.31. The molecule has 1 aliphatic heterocycles. The summed E-state index contributed by atoms with van der Waals surface area (Å²) in [6, 6.07) is 1.63. The number of esters is 1. The molecule has 98 valence electrons. The van der Waals surface area contributed by atoms with Gasteiger partial charge in [0.15, 0.2) is 0 Å². The van der Waals surface area contributed by atoms with Gasteiger partial charge in [0.1, 0.15) is 12.4 Å². The lowest BCUT2D eigenvalue weighted by molar-refractivity contribution is -0.145. The molecule has 1 saturated heterocycles. The summed E-state index contributed by atoms with van der Waals surface area (Å²) in [7, 11) is 1.36. The number of hydrogen-bond donors (Lipinski definition) is 1. The largest absolute Gasteiger partial charge is 0.469 e. The summed E-state index contributed by atoms with van der Waals surface area (Å²) in [6.07, 6.45) is 2.31. The maximum absolute atomic E-state index is 12.0. The molecule has 1 amide bonds. The van der Waals surface area contributed by atoms with Crippen molar-refractivity contribution in [1.29, 1.82) is 0 Å². The van der Waals surface area contributed by atoms with Gasteiger partial charge in [0.25, 0.3) is 0 Å². The minimum Gasteiger partial charge on any atom is -0.469 e. The van der Waals surface area contributed by atoms with Crippen LogP contribution in [-0.2, 0) is 20.9 Å². The lowest BCUT2D eigenvalue weighted by Gasteiger charge is -2.15. The number of carbonyl (C=O) groups excluding carboxylic acids is 2. The smallest absolute Gasteiger partial charge is 0.310 e. The van der Waals surface area contributed by atoms with E-state index in [1.54, 1.807) is 17.2 Å². The Morgan fingerprint density at radius 3 is 3.00 bits per heavy atom. The Labute approximate surface area is 104 Å². The van der Waals surface area contributed by atoms with Crippen LogP contribution in [0.15, 0.2) is 12.3 Å². The summed E-state index contributed by atoms with van der Waals surface area (Å²) < 4.78 is 6.16. The number of carbonyl (C=O) groups is 2. The molecular weight excluding hydrogens is 236 g/mol. The highest BCUT2D eigenvalue weighted by molar-refractivity contribution is 5.79. The van der Waals surface area contributed by atoms with Gasteiger partial charge in [-0.05, 0) is 12.5 Å². The monoisotopic (exact) mass is 252 g/mol. The summed E-state index contributed by atoms with van der Waals surface area (Å²) >= 11 is 0. The molecular formula is C11H16N4O3. The number of nitrogens with zero attached hydrogens (tertiary/aromatic N) is 3. The van der Waals surface area contributed by atoms with Crippen molar-refractivity contribution >= 4 is 17.7 Å². The molecule has 18 heavy (non-hydrogen) atoms. The van der Waals surface area contributed by atoms with E-state index in [0.717, 1.165) is 0 Å². The fourth-order valence-corrected chi connectivity index (χ4v) is 2.05. The van der Waals surface area contributed by atoms with E-state index in [9.17, 15) is 9.59 Å². The van der Waals surface area contributed by atoms with Crippen LogP contribution in [0.25, 0.3) is 0 Å². The highest BCUT2D eigenvalue weighted by atomic mass is 16.5. The van der Waals surface area contributed by atoms with Crippen molar-refractivity contribution in [2.75, 3.05) is 25.9 Å². The maximum Gasteiger partial charge on any atom is 0.310 e. The molecule has 1 fully saturated rings. The van der Waals surface area contributed by atoms with Crippen LogP contribution in [0.2, 0.25) is 0 Å². The summed E-state index contributed by atoms with van der Waals surface area (Å²) in [5.74, 6) is -0.142. The van der Waals surface area contributed by atoms with Gasteiger partial charge in [-0.1, -0.05) is 0 Å². The van der Waals surface area contributed by atoms with E-state index in [0.29, 0.717) is 25.3 Å². The summed E-state index contributed by atoms with van der Waals surface area (Å²) in [4.78, 5) is 25.0. The second-order valence-electron chi connectivity index (χ2n) is 4.29. The van der Waals surface area contributed by atoms with Gasteiger partial charge in [0, 0.05) is 19.3 Å². The zero-order valence-electron chi connectivity index (χ0n) is 10.2. The molecule has 7 heteroatoms. The Kier molecular flexibility index (Phi) is 3.50. The SMILES string of the molecule is COC(=O)C1CCN(C(=O)Cn2ccc(N)n2)C1. The van der Waals surface area contributed by atoms with Crippen LogP contribution in [0.3, 0.4) is 0 Å². The molecule has 1 aromatic rings. The molecule has 0 spiro atoms. The molecule has 0 aromatic carbocycles. The zero-order valence-corrected chi connectivity index (χ0v) is 10.2. The van der Waals surface area contributed by atoms with E-state index >= 15 is 0 Å². The molecule has 0 saturated carbocycles. The van der Waals surface area contributed by atoms with E-state index in [1.165, 1.54) is 11.8 Å². The Morgan fingerprint density at radius 1 is 1.61 bits per heavy atom. The van der Waals surface area contributed by atoms with Gasteiger partial charge < -0.3 is 15.4 Å². The normalized spacial score (nSPS) is 18.9. The third kappa shape index (κ3) is 2.61. The number of hydrogen-bond acceptors (Lipinski definition) is 5. The minimum atomic E-state index is -0.256. The molecule has 0 bridgehead atoms. The number of nitrogens with two attached hydrogens (primary N) is 1. The predicted octanol–water partition coefficient (Wildman–Crippen LogP) is -0.513. The van der Waals surface area contributed by atoms with E-state index in [1.807, 2.05) is 0 Å². The summed E-state index contributed by atoms with van der Waals surface area (Å²) in [6.45, 7) is 1.14. The van der Waals surface area contributed by atoms with E-state index in [4.69, 9.17) is 5.73 Å². The number of ether oxygens (including phenoxy) is 1. The fourth-order valence-electron chi connectivity index (χ4n) is 2.05. The fraction of sp³-hybridized carbons (Fsp3) is 0.545. The van der Waals surface area contributed by atoms with Crippen LogP contribution in [-0.4, -0.2) is 46.8 Å². The maximum atomic E-state index is 12.0. The number of amides is 1. The van der Waals surface area contributed by atoms with Crippen LogP contribution in [0.5, 0.6) is 0 Å². The molecule has 2 rings (SSSR count). The standard InChI is InChI=1S/C11H16N4O3/c1-18-11(17)8-2-4-14(6-8)10(16)7-15-5-3-9(12)13-15/h3,5,8H,2,4,6-7H2,1H3,(H2,12,13). The number of aromatic nitrogens is 2. The van der Waals surface area contributed by atoms with Crippen molar-refractivity contribution in [3.63, 3.8) is 0 Å². The molecule has 2 N–H and O–H groups in total. The predicted molar refractivity (Wildman–Crippen MR) is 63.3 cm³/mol. The topological polar surface area (TPSA) is 90.5 Å². The first-order valence-electron chi connectivity index (χ1n) is 5.74. The lowest BCUT2D eigenvalue weighted by atomic mass is 10.1. The molecule has 1 atom stereocenters. The average Bonchev–Trinajstić information content (AvgIpc) is 2.97. The second-order valence-corrected chi connectivity index (χ2v) is 4.29. The Morgan fingerprint density at radius 2 is 2.39 bits per heavy atom. The molecule has 1 aromatic heterocycles. The van der Waals surface area contributed by atoms with Crippen LogP contribution in [0, 0.1) is 5.92 Å². The van der Waals surface area contributed by atoms with Crippen molar-refractivity contribution in [3.8, 4) is 0 Å². The highest BCUT2D eigenvalue weighted by Crippen LogP contribution is 2.17. The van der Waals surface area contributed by atoms with Crippen LogP contribution in [0.1, 0.15) is 6.42 Å². The molecule has 1 aliphatic rings. The van der Waals surface area contributed by atoms with Crippen molar-refractivity contribution in [2.45, 2.75) is 13.0 Å². The van der Waals surface area contributed by atoms with Gasteiger partial charge in [0.2, 0.25) is 5.91 Å². The van der Waals surface area contributed by atoms with Gasteiger partial charge in [-0.25, -0.2) is 0 Å². The Bertz CT molecular complexity index is 457. The molecule has 2 heterocycles. The Balaban J connectivity index is 1.89. The minimum absolute atomic E-state index is 0.0653. The van der Waals surface area contributed by atoms with Gasteiger partial charge >= 0.3 is 5.97 Å². The number of methoxy groups -OCH3 is 1. The third-order valence-electron chi connectivity index (χ3n) is 3.03. The van der Waals surface area contributed by atoms with E-state index < -0.39 is 0 Å². The number of anilines is 1. The van der Waals surface area contributed by atoms with Gasteiger partial charge in [-0.3, -0.25) is 14.3 Å². The molecule has 1 unspecified atom stereocenters. The first-order chi connectivity index (χ1) is 8.60. The average molecular weight is 252 g/mol. The first-order valence-corrected chi connectivity index (χ1v) is 5.74. The van der Waals surface area contributed by atoms with Gasteiger partial charge in [0.05, 0.1) is 13.0 Å². The van der Waals surface area contributed by atoms with Gasteiger partial charge in [-0.2, -0.15) is 5.10 Å². The molecule has 0 radical (unpaired) electrons. The van der Waals surface area contributed by atoms with Crippen LogP contribution < -0.4 is 5.73 Å². The zero-order chi connectivity index (χ0) is 13.1. The van der Waals surface area contributed by atoms with E-state index in [2.05, 4.69) is 9.84 Å². The lowest BCUT2D eigenvalue weighted by Crippen LogP contribution is -2.33.